The summed E-state index contributed by atoms with van der Waals surface area (Å²) in [5, 5.41) is 21.4. The standard InChI is InChI=1S/C25H27N5O4/c1-15-23-19(5-6-20(28-23)16-12-21(33-2)24(34-3)27-13-16)25(32)30(15)17-4-7-22(26-14-17)29-10-8-18(31)9-11-29/h4-7,12-14,18,31-32H,8-11H2,1-3H3. The van der Waals surface area contributed by atoms with Crippen LogP contribution in [0.25, 0.3) is 27.8 Å². The number of pyridine rings is 3. The van der Waals surface area contributed by atoms with Crippen molar-refractivity contribution in [3.8, 4) is 34.5 Å². The Kier molecular flexibility index (Phi) is 5.70. The Bertz CT molecular complexity index is 1330. The molecule has 0 bridgehead atoms. The molecule has 9 nitrogen and oxygen atoms in total. The first-order valence-corrected chi connectivity index (χ1v) is 11.2. The largest absolute Gasteiger partial charge is 0.494 e. The molecule has 5 heterocycles. The van der Waals surface area contributed by atoms with Crippen LogP contribution in [0, 0.1) is 6.92 Å². The predicted molar refractivity (Wildman–Crippen MR) is 129 cm³/mol. The monoisotopic (exact) mass is 461 g/mol. The van der Waals surface area contributed by atoms with Crippen LogP contribution in [0.4, 0.5) is 5.82 Å². The second-order valence-corrected chi connectivity index (χ2v) is 8.37. The molecule has 4 aromatic heterocycles. The first kappa shape index (κ1) is 22.0. The number of aryl methyl sites for hydroxylation is 1. The number of nitrogens with zero attached hydrogens (tertiary/aromatic N) is 5. The summed E-state index contributed by atoms with van der Waals surface area (Å²) in [4.78, 5) is 15.9. The molecule has 5 rings (SSSR count). The minimum Gasteiger partial charge on any atom is -0.494 e. The van der Waals surface area contributed by atoms with E-state index in [1.807, 2.05) is 37.3 Å². The van der Waals surface area contributed by atoms with Gasteiger partial charge in [0.25, 0.3) is 5.88 Å². The van der Waals surface area contributed by atoms with Gasteiger partial charge in [-0.25, -0.2) is 15.0 Å². The number of methoxy groups -OCH3 is 2. The molecular formula is C25H27N5O4. The zero-order chi connectivity index (χ0) is 23.8. The van der Waals surface area contributed by atoms with E-state index in [-0.39, 0.29) is 12.0 Å². The topological polar surface area (TPSA) is 106 Å². The number of aromatic hydroxyl groups is 1. The zero-order valence-corrected chi connectivity index (χ0v) is 19.4. The molecule has 0 aromatic carbocycles. The highest BCUT2D eigenvalue weighted by atomic mass is 16.5. The highest BCUT2D eigenvalue weighted by Crippen LogP contribution is 2.36. The van der Waals surface area contributed by atoms with Crippen molar-refractivity contribution in [1.82, 2.24) is 19.5 Å². The van der Waals surface area contributed by atoms with Crippen molar-refractivity contribution in [2.45, 2.75) is 25.9 Å². The SMILES string of the molecule is COc1cc(-c2ccc3c(O)n(-c4ccc(N5CCC(O)CC5)nc4)c(C)c3n2)cnc1OC. The van der Waals surface area contributed by atoms with Gasteiger partial charge in [-0.05, 0) is 50.1 Å². The van der Waals surface area contributed by atoms with Crippen molar-refractivity contribution in [1.29, 1.82) is 0 Å². The first-order chi connectivity index (χ1) is 16.5. The number of piperidine rings is 1. The molecule has 0 saturated carbocycles. The molecule has 0 amide bonds. The summed E-state index contributed by atoms with van der Waals surface area (Å²) in [5.74, 6) is 1.91. The Labute approximate surface area is 197 Å². The molecule has 0 atom stereocenters. The molecule has 176 valence electrons. The van der Waals surface area contributed by atoms with E-state index in [9.17, 15) is 10.2 Å². The number of aliphatic hydroxyl groups excluding tert-OH is 1. The maximum atomic E-state index is 11.0. The Balaban J connectivity index is 1.50. The third-order valence-electron chi connectivity index (χ3n) is 6.33. The van der Waals surface area contributed by atoms with Gasteiger partial charge in [0.15, 0.2) is 5.75 Å². The average Bonchev–Trinajstić information content (AvgIpc) is 3.13. The second kappa shape index (κ2) is 8.83. The lowest BCUT2D eigenvalue weighted by Crippen LogP contribution is -2.36. The van der Waals surface area contributed by atoms with Gasteiger partial charge in [0.1, 0.15) is 5.82 Å². The van der Waals surface area contributed by atoms with E-state index < -0.39 is 0 Å². The van der Waals surface area contributed by atoms with E-state index in [1.165, 1.54) is 0 Å². The van der Waals surface area contributed by atoms with Crippen molar-refractivity contribution in [3.05, 3.63) is 48.4 Å². The van der Waals surface area contributed by atoms with Crippen molar-refractivity contribution >= 4 is 16.7 Å². The molecule has 34 heavy (non-hydrogen) atoms. The fraction of sp³-hybridized carbons (Fsp3) is 0.320. The molecule has 0 aliphatic carbocycles. The van der Waals surface area contributed by atoms with Crippen LogP contribution in [-0.4, -0.2) is 63.1 Å². The summed E-state index contributed by atoms with van der Waals surface area (Å²) in [6, 6.07) is 9.42. The summed E-state index contributed by atoms with van der Waals surface area (Å²) < 4.78 is 12.3. The third-order valence-corrected chi connectivity index (χ3v) is 6.33. The normalized spacial score (nSPS) is 14.5. The van der Waals surface area contributed by atoms with E-state index in [2.05, 4.69) is 14.9 Å². The van der Waals surface area contributed by atoms with E-state index in [0.29, 0.717) is 28.2 Å². The fourth-order valence-electron chi connectivity index (χ4n) is 4.44. The van der Waals surface area contributed by atoms with Crippen LogP contribution in [0.15, 0.2) is 42.7 Å². The van der Waals surface area contributed by atoms with Crippen LogP contribution in [-0.2, 0) is 0 Å². The molecule has 4 aromatic rings. The van der Waals surface area contributed by atoms with Gasteiger partial charge in [-0.15, -0.1) is 0 Å². The van der Waals surface area contributed by atoms with Crippen LogP contribution < -0.4 is 14.4 Å². The Hall–Kier alpha value is -3.85. The summed E-state index contributed by atoms with van der Waals surface area (Å²) in [7, 11) is 3.11. The van der Waals surface area contributed by atoms with E-state index >= 15 is 0 Å². The minimum atomic E-state index is -0.227. The van der Waals surface area contributed by atoms with Gasteiger partial charge in [0, 0.05) is 30.5 Å². The molecular weight excluding hydrogens is 434 g/mol. The van der Waals surface area contributed by atoms with Gasteiger partial charge in [0.2, 0.25) is 5.88 Å². The molecule has 0 unspecified atom stereocenters. The van der Waals surface area contributed by atoms with Crippen molar-refractivity contribution in [2.75, 3.05) is 32.2 Å². The number of ether oxygens (including phenoxy) is 2. The molecule has 2 N–H and O–H groups in total. The van der Waals surface area contributed by atoms with Gasteiger partial charge in [0.05, 0.1) is 48.8 Å². The molecule has 1 saturated heterocycles. The Morgan fingerprint density at radius 1 is 1.00 bits per heavy atom. The van der Waals surface area contributed by atoms with Crippen molar-refractivity contribution in [2.24, 2.45) is 0 Å². The fourth-order valence-corrected chi connectivity index (χ4v) is 4.44. The van der Waals surface area contributed by atoms with Gasteiger partial charge in [-0.2, -0.15) is 0 Å². The zero-order valence-electron chi connectivity index (χ0n) is 19.4. The first-order valence-electron chi connectivity index (χ1n) is 11.2. The van der Waals surface area contributed by atoms with Crippen LogP contribution in [0.5, 0.6) is 17.5 Å². The predicted octanol–water partition coefficient (Wildman–Crippen LogP) is 3.47. The lowest BCUT2D eigenvalue weighted by Gasteiger charge is -2.30. The van der Waals surface area contributed by atoms with Gasteiger partial charge in [-0.1, -0.05) is 0 Å². The van der Waals surface area contributed by atoms with Crippen LogP contribution in [0.1, 0.15) is 18.5 Å². The highest BCUT2D eigenvalue weighted by molar-refractivity contribution is 5.90. The average molecular weight is 462 g/mol. The number of aliphatic hydroxyl groups is 1. The van der Waals surface area contributed by atoms with Crippen molar-refractivity contribution in [3.63, 3.8) is 0 Å². The molecule has 0 radical (unpaired) electrons. The Morgan fingerprint density at radius 3 is 2.47 bits per heavy atom. The summed E-state index contributed by atoms with van der Waals surface area (Å²) in [5.41, 5.74) is 3.74. The van der Waals surface area contributed by atoms with E-state index in [4.69, 9.17) is 14.5 Å². The lowest BCUT2D eigenvalue weighted by molar-refractivity contribution is 0.145. The molecule has 1 fully saturated rings. The lowest BCUT2D eigenvalue weighted by atomic mass is 10.1. The van der Waals surface area contributed by atoms with E-state index in [0.717, 1.165) is 48.7 Å². The van der Waals surface area contributed by atoms with Crippen LogP contribution in [0.2, 0.25) is 0 Å². The highest BCUT2D eigenvalue weighted by Gasteiger charge is 2.20. The second-order valence-electron chi connectivity index (χ2n) is 8.37. The number of anilines is 1. The molecule has 1 aliphatic heterocycles. The third kappa shape index (κ3) is 3.77. The van der Waals surface area contributed by atoms with Gasteiger partial charge in [-0.3, -0.25) is 4.57 Å². The number of fused-ring (bicyclic) bond motifs is 1. The van der Waals surface area contributed by atoms with E-state index in [1.54, 1.807) is 31.2 Å². The van der Waals surface area contributed by atoms with Crippen LogP contribution in [0.3, 0.4) is 0 Å². The van der Waals surface area contributed by atoms with Gasteiger partial charge < -0.3 is 24.6 Å². The van der Waals surface area contributed by atoms with Gasteiger partial charge >= 0.3 is 0 Å². The quantitative estimate of drug-likeness (QED) is 0.465. The molecule has 1 aliphatic rings. The maximum Gasteiger partial charge on any atom is 0.256 e. The summed E-state index contributed by atoms with van der Waals surface area (Å²) in [6.45, 7) is 3.48. The summed E-state index contributed by atoms with van der Waals surface area (Å²) >= 11 is 0. The summed E-state index contributed by atoms with van der Waals surface area (Å²) in [6.07, 6.45) is 4.70. The number of hydrogen-bond donors (Lipinski definition) is 2. The molecule has 0 spiro atoms. The number of rotatable bonds is 5. The Morgan fingerprint density at radius 2 is 1.79 bits per heavy atom. The number of hydrogen-bond acceptors (Lipinski definition) is 8. The minimum absolute atomic E-state index is 0.118. The van der Waals surface area contributed by atoms with Crippen LogP contribution >= 0.6 is 0 Å². The smallest absolute Gasteiger partial charge is 0.256 e. The number of aromatic nitrogens is 4. The van der Waals surface area contributed by atoms with Crippen molar-refractivity contribution < 1.29 is 19.7 Å². The molecule has 9 heteroatoms. The maximum absolute atomic E-state index is 11.0.